The molecule has 2 saturated carbocycles. The van der Waals surface area contributed by atoms with Crippen LogP contribution in [0.4, 0.5) is 14.9 Å². The average molecular weight is 531 g/mol. The highest BCUT2D eigenvalue weighted by Crippen LogP contribution is 2.42. The van der Waals surface area contributed by atoms with Crippen molar-refractivity contribution in [3.05, 3.63) is 72.4 Å². The maximum Gasteiger partial charge on any atom is 0.407 e. The molecule has 204 valence electrons. The summed E-state index contributed by atoms with van der Waals surface area (Å²) >= 11 is 0. The number of hydrogen-bond donors (Lipinski definition) is 3. The molecule has 0 bridgehead atoms. The molecule has 0 saturated heterocycles. The Kier molecular flexibility index (Phi) is 7.66. The lowest BCUT2D eigenvalue weighted by atomic mass is 9.71. The number of carbonyl (C=O) groups is 2. The SMILES string of the molecule is CN(C(=O)O)[C@H]1CC[C@H](CC(=O)Nc2cnc(-c3ccc([C@]4(N)C[C@H](F)C4)cc3)c(-c3ccccc3)c2)CC1. The third kappa shape index (κ3) is 5.96. The van der Waals surface area contributed by atoms with Gasteiger partial charge in [0.15, 0.2) is 0 Å². The highest BCUT2D eigenvalue weighted by atomic mass is 19.1. The van der Waals surface area contributed by atoms with Crippen molar-refractivity contribution < 1.29 is 19.1 Å². The Labute approximate surface area is 228 Å². The first-order valence-corrected chi connectivity index (χ1v) is 13.6. The summed E-state index contributed by atoms with van der Waals surface area (Å²) in [5, 5.41) is 12.2. The Morgan fingerprint density at radius 1 is 1.05 bits per heavy atom. The maximum absolute atomic E-state index is 13.5. The first kappa shape index (κ1) is 26.8. The molecule has 0 atom stereocenters. The van der Waals surface area contributed by atoms with E-state index in [1.54, 1.807) is 13.2 Å². The monoisotopic (exact) mass is 530 g/mol. The summed E-state index contributed by atoms with van der Waals surface area (Å²) in [4.78, 5) is 30.3. The van der Waals surface area contributed by atoms with E-state index < -0.39 is 17.8 Å². The highest BCUT2D eigenvalue weighted by Gasteiger charge is 2.42. The summed E-state index contributed by atoms with van der Waals surface area (Å²) in [6, 6.07) is 19.7. The molecule has 39 heavy (non-hydrogen) atoms. The van der Waals surface area contributed by atoms with Crippen molar-refractivity contribution in [1.82, 2.24) is 9.88 Å². The number of anilines is 1. The van der Waals surface area contributed by atoms with E-state index in [2.05, 4.69) is 5.32 Å². The van der Waals surface area contributed by atoms with Gasteiger partial charge in [-0.25, -0.2) is 9.18 Å². The standard InChI is InChI=1S/C31H35FN4O3/c1-36(30(38)39)26-13-7-20(8-14-26)15-28(37)35-25-16-27(21-5-3-2-4-6-21)29(34-19-25)22-9-11-23(12-10-22)31(33)17-24(32)18-31/h2-6,9-12,16,19-20,24,26H,7-8,13-15,17-18,33H2,1H3,(H,35,37)(H,38,39)/t20-,24-,26-,31-. The van der Waals surface area contributed by atoms with E-state index in [0.717, 1.165) is 53.6 Å². The van der Waals surface area contributed by atoms with Crippen molar-refractivity contribution >= 4 is 17.7 Å². The molecular formula is C31H35FN4O3. The molecule has 2 aliphatic rings. The second-order valence-electron chi connectivity index (χ2n) is 11.0. The third-order valence-corrected chi connectivity index (χ3v) is 8.30. The number of carboxylic acid groups (broad SMARTS) is 1. The van der Waals surface area contributed by atoms with Crippen molar-refractivity contribution in [2.45, 2.75) is 62.7 Å². The number of benzene rings is 2. The van der Waals surface area contributed by atoms with E-state index in [0.29, 0.717) is 24.9 Å². The average Bonchev–Trinajstić information content (AvgIpc) is 2.93. The van der Waals surface area contributed by atoms with Gasteiger partial charge in [0.05, 0.1) is 17.6 Å². The Balaban J connectivity index is 1.30. The summed E-state index contributed by atoms with van der Waals surface area (Å²) < 4.78 is 13.5. The van der Waals surface area contributed by atoms with Gasteiger partial charge in [0.25, 0.3) is 0 Å². The van der Waals surface area contributed by atoms with Crippen LogP contribution >= 0.6 is 0 Å². The minimum absolute atomic E-state index is 0.0192. The van der Waals surface area contributed by atoms with Gasteiger partial charge < -0.3 is 21.1 Å². The van der Waals surface area contributed by atoms with Crippen molar-refractivity contribution in [2.24, 2.45) is 11.7 Å². The number of pyridine rings is 1. The molecule has 2 amide bonds. The first-order valence-electron chi connectivity index (χ1n) is 13.6. The fourth-order valence-electron chi connectivity index (χ4n) is 5.89. The van der Waals surface area contributed by atoms with Gasteiger partial charge in [-0.3, -0.25) is 9.78 Å². The van der Waals surface area contributed by atoms with E-state index in [-0.39, 0.29) is 17.9 Å². The summed E-state index contributed by atoms with van der Waals surface area (Å²) in [6.45, 7) is 0. The number of nitrogens with two attached hydrogens (primary N) is 1. The molecule has 1 aromatic heterocycles. The van der Waals surface area contributed by atoms with Crippen molar-refractivity contribution in [2.75, 3.05) is 12.4 Å². The highest BCUT2D eigenvalue weighted by molar-refractivity contribution is 5.93. The van der Waals surface area contributed by atoms with E-state index >= 15 is 0 Å². The topological polar surface area (TPSA) is 109 Å². The molecular weight excluding hydrogens is 495 g/mol. The zero-order valence-corrected chi connectivity index (χ0v) is 22.1. The minimum Gasteiger partial charge on any atom is -0.465 e. The van der Waals surface area contributed by atoms with Gasteiger partial charge in [-0.05, 0) is 48.8 Å². The zero-order chi connectivity index (χ0) is 27.6. The second kappa shape index (κ2) is 11.1. The number of carbonyl (C=O) groups excluding carboxylic acids is 1. The molecule has 7 nitrogen and oxygen atoms in total. The molecule has 0 spiro atoms. The van der Waals surface area contributed by atoms with E-state index in [1.165, 1.54) is 4.90 Å². The number of aromatic nitrogens is 1. The number of rotatable bonds is 7. The van der Waals surface area contributed by atoms with Gasteiger partial charge in [-0.1, -0.05) is 54.6 Å². The zero-order valence-electron chi connectivity index (χ0n) is 22.1. The Hall–Kier alpha value is -3.78. The van der Waals surface area contributed by atoms with Crippen LogP contribution in [-0.4, -0.2) is 46.3 Å². The summed E-state index contributed by atoms with van der Waals surface area (Å²) in [6.07, 6.45) is 4.21. The van der Waals surface area contributed by atoms with Gasteiger partial charge >= 0.3 is 6.09 Å². The molecule has 0 aliphatic heterocycles. The van der Waals surface area contributed by atoms with Crippen LogP contribution in [0.2, 0.25) is 0 Å². The molecule has 3 aromatic rings. The third-order valence-electron chi connectivity index (χ3n) is 8.30. The van der Waals surface area contributed by atoms with Crippen LogP contribution in [0.1, 0.15) is 50.5 Å². The van der Waals surface area contributed by atoms with Crippen LogP contribution in [0.15, 0.2) is 66.9 Å². The number of halogens is 1. The molecule has 4 N–H and O–H groups in total. The van der Waals surface area contributed by atoms with Crippen molar-refractivity contribution in [3.63, 3.8) is 0 Å². The molecule has 5 rings (SSSR count). The van der Waals surface area contributed by atoms with Crippen LogP contribution in [0.3, 0.4) is 0 Å². The van der Waals surface area contributed by atoms with Gasteiger partial charge in [-0.2, -0.15) is 0 Å². The van der Waals surface area contributed by atoms with Gasteiger partial charge in [-0.15, -0.1) is 0 Å². The minimum atomic E-state index is -0.908. The quantitative estimate of drug-likeness (QED) is 0.337. The summed E-state index contributed by atoms with van der Waals surface area (Å²) in [5.74, 6) is 0.167. The Morgan fingerprint density at radius 3 is 2.33 bits per heavy atom. The largest absolute Gasteiger partial charge is 0.465 e. The molecule has 2 aromatic carbocycles. The Morgan fingerprint density at radius 2 is 1.72 bits per heavy atom. The molecule has 8 heteroatoms. The van der Waals surface area contributed by atoms with E-state index in [9.17, 15) is 19.1 Å². The second-order valence-corrected chi connectivity index (χ2v) is 11.0. The first-order chi connectivity index (χ1) is 18.7. The van der Waals surface area contributed by atoms with Crippen LogP contribution in [0, 0.1) is 5.92 Å². The van der Waals surface area contributed by atoms with Crippen molar-refractivity contribution in [1.29, 1.82) is 0 Å². The molecule has 2 fully saturated rings. The molecule has 2 aliphatic carbocycles. The maximum atomic E-state index is 13.5. The Bertz CT molecular complexity index is 1320. The number of nitrogens with zero attached hydrogens (tertiary/aromatic N) is 2. The van der Waals surface area contributed by atoms with Crippen LogP contribution in [-0.2, 0) is 10.3 Å². The lowest BCUT2D eigenvalue weighted by molar-refractivity contribution is -0.117. The predicted octanol–water partition coefficient (Wildman–Crippen LogP) is 6.20. The fraction of sp³-hybridized carbons (Fsp3) is 0.387. The van der Waals surface area contributed by atoms with E-state index in [4.69, 9.17) is 10.7 Å². The van der Waals surface area contributed by atoms with Crippen LogP contribution < -0.4 is 11.1 Å². The molecule has 0 unspecified atom stereocenters. The number of amides is 2. The van der Waals surface area contributed by atoms with Gasteiger partial charge in [0, 0.05) is 49.0 Å². The summed E-state index contributed by atoms with van der Waals surface area (Å²) in [5.41, 5.74) is 10.9. The van der Waals surface area contributed by atoms with Gasteiger partial charge in [0.1, 0.15) is 6.17 Å². The predicted molar refractivity (Wildman–Crippen MR) is 150 cm³/mol. The van der Waals surface area contributed by atoms with Crippen LogP contribution in [0.25, 0.3) is 22.4 Å². The lowest BCUT2D eigenvalue weighted by Gasteiger charge is -2.41. The van der Waals surface area contributed by atoms with Crippen LogP contribution in [0.5, 0.6) is 0 Å². The fourth-order valence-corrected chi connectivity index (χ4v) is 5.89. The number of hydrogen-bond acceptors (Lipinski definition) is 4. The van der Waals surface area contributed by atoms with Gasteiger partial charge in [0.2, 0.25) is 5.91 Å². The normalized spacial score (nSPS) is 24.4. The molecule has 1 heterocycles. The number of nitrogens with one attached hydrogen (secondary N) is 1. The van der Waals surface area contributed by atoms with Crippen molar-refractivity contribution in [3.8, 4) is 22.4 Å². The lowest BCUT2D eigenvalue weighted by Crippen LogP contribution is -2.50. The smallest absolute Gasteiger partial charge is 0.407 e. The molecule has 0 radical (unpaired) electrons. The number of alkyl halides is 1. The van der Waals surface area contributed by atoms with E-state index in [1.807, 2.05) is 60.7 Å². The summed E-state index contributed by atoms with van der Waals surface area (Å²) in [7, 11) is 1.61.